The van der Waals surface area contributed by atoms with Crippen LogP contribution in [0.5, 0.6) is 0 Å². The predicted molar refractivity (Wildman–Crippen MR) is 58.0 cm³/mol. The van der Waals surface area contributed by atoms with Gasteiger partial charge in [0, 0.05) is 13.5 Å². The fraction of sp³-hybridized carbons (Fsp3) is 0.500. The summed E-state index contributed by atoms with van der Waals surface area (Å²) in [5, 5.41) is 0. The summed E-state index contributed by atoms with van der Waals surface area (Å²) >= 11 is 3.30. The molecule has 14 heavy (non-hydrogen) atoms. The minimum atomic E-state index is -0.484. The lowest BCUT2D eigenvalue weighted by Gasteiger charge is -2.22. The molecule has 0 aliphatic heterocycles. The molecule has 80 valence electrons. The van der Waals surface area contributed by atoms with E-state index >= 15 is 0 Å². The van der Waals surface area contributed by atoms with Gasteiger partial charge in [0.05, 0.1) is 0 Å². The van der Waals surface area contributed by atoms with Gasteiger partial charge in [-0.25, -0.2) is 4.39 Å². The van der Waals surface area contributed by atoms with Crippen molar-refractivity contribution in [2.75, 3.05) is 7.11 Å². The molecule has 0 heterocycles. The number of alkyl halides is 1. The molecule has 0 fully saturated rings. The smallest absolute Gasteiger partial charge is 0.144 e. The number of halogens is 2. The highest BCUT2D eigenvalue weighted by molar-refractivity contribution is 9.10. The molecule has 1 aliphatic carbocycles. The van der Waals surface area contributed by atoms with Crippen molar-refractivity contribution in [3.05, 3.63) is 24.1 Å². The van der Waals surface area contributed by atoms with E-state index in [1.807, 2.05) is 0 Å². The number of rotatable bonds is 1. The van der Waals surface area contributed by atoms with Crippen LogP contribution < -0.4 is 0 Å². The van der Waals surface area contributed by atoms with E-state index in [2.05, 4.69) is 15.9 Å². The maximum Gasteiger partial charge on any atom is 0.144 e. The van der Waals surface area contributed by atoms with Crippen LogP contribution in [0.3, 0.4) is 0 Å². The lowest BCUT2D eigenvalue weighted by molar-refractivity contribution is -0.114. The Morgan fingerprint density at radius 2 is 2.14 bits per heavy atom. The summed E-state index contributed by atoms with van der Waals surface area (Å²) in [5.74, 6) is -0.0351. The van der Waals surface area contributed by atoms with Gasteiger partial charge >= 0.3 is 0 Å². The fourth-order valence-electron chi connectivity index (χ4n) is 0.728. The van der Waals surface area contributed by atoms with Gasteiger partial charge in [-0.15, -0.1) is 0 Å². The first-order valence-corrected chi connectivity index (χ1v) is 4.95. The largest absolute Gasteiger partial charge is 0.363 e. The zero-order chi connectivity index (χ0) is 11.2. The quantitative estimate of drug-likeness (QED) is 0.681. The van der Waals surface area contributed by atoms with E-state index < -0.39 is 4.51 Å². The molecule has 1 atom stereocenters. The molecule has 0 amide bonds. The van der Waals surface area contributed by atoms with Crippen LogP contribution in [0.25, 0.3) is 0 Å². The Hall–Kier alpha value is -0.480. The highest BCUT2D eigenvalue weighted by atomic mass is 79.9. The molecule has 2 nitrogen and oxygen atoms in total. The molecular formula is C10H14BrFO2. The van der Waals surface area contributed by atoms with Crippen molar-refractivity contribution in [2.45, 2.75) is 24.8 Å². The molecule has 0 aromatic heterocycles. The third-order valence-electron chi connectivity index (χ3n) is 1.41. The summed E-state index contributed by atoms with van der Waals surface area (Å²) in [6.45, 7) is 3.06. The second-order valence-electron chi connectivity index (χ2n) is 3.03. The van der Waals surface area contributed by atoms with Crippen LogP contribution in [-0.4, -0.2) is 17.4 Å². The molecule has 0 spiro atoms. The Kier molecular flexibility index (Phi) is 5.88. The second kappa shape index (κ2) is 6.09. The highest BCUT2D eigenvalue weighted by Gasteiger charge is 2.23. The monoisotopic (exact) mass is 264 g/mol. The Labute approximate surface area is 92.0 Å². The molecule has 1 aliphatic rings. The number of methoxy groups -OCH3 is 1. The first-order valence-electron chi connectivity index (χ1n) is 4.16. The molecule has 1 unspecified atom stereocenters. The van der Waals surface area contributed by atoms with Crippen LogP contribution in [-0.2, 0) is 9.53 Å². The van der Waals surface area contributed by atoms with Crippen molar-refractivity contribution in [3.63, 3.8) is 0 Å². The summed E-state index contributed by atoms with van der Waals surface area (Å²) in [6.07, 6.45) is 5.06. The molecule has 0 saturated carbocycles. The van der Waals surface area contributed by atoms with Gasteiger partial charge in [-0.3, -0.25) is 0 Å². The van der Waals surface area contributed by atoms with Crippen LogP contribution in [0.15, 0.2) is 24.1 Å². The molecule has 1 rings (SSSR count). The predicted octanol–water partition coefficient (Wildman–Crippen LogP) is 3.13. The van der Waals surface area contributed by atoms with E-state index in [1.165, 1.54) is 26.0 Å². The Balaban J connectivity index is 0.000000364. The third-order valence-corrected chi connectivity index (χ3v) is 2.32. The van der Waals surface area contributed by atoms with Crippen molar-refractivity contribution < 1.29 is 13.9 Å². The van der Waals surface area contributed by atoms with Crippen LogP contribution in [0, 0.1) is 0 Å². The topological polar surface area (TPSA) is 26.3 Å². The van der Waals surface area contributed by atoms with Crippen molar-refractivity contribution >= 4 is 21.7 Å². The molecule has 0 saturated heterocycles. The van der Waals surface area contributed by atoms with E-state index in [0.29, 0.717) is 6.42 Å². The van der Waals surface area contributed by atoms with E-state index in [-0.39, 0.29) is 11.6 Å². The molecule has 0 radical (unpaired) electrons. The van der Waals surface area contributed by atoms with Gasteiger partial charge in [-0.1, -0.05) is 0 Å². The van der Waals surface area contributed by atoms with Gasteiger partial charge in [0.1, 0.15) is 16.1 Å². The van der Waals surface area contributed by atoms with E-state index in [1.54, 1.807) is 13.2 Å². The first-order chi connectivity index (χ1) is 6.39. The van der Waals surface area contributed by atoms with Crippen LogP contribution in [0.2, 0.25) is 0 Å². The summed E-state index contributed by atoms with van der Waals surface area (Å²) in [7, 11) is 1.58. The number of allylic oxidation sites excluding steroid dienone is 2. The lowest BCUT2D eigenvalue weighted by Crippen LogP contribution is -2.20. The van der Waals surface area contributed by atoms with Crippen molar-refractivity contribution in [1.82, 2.24) is 0 Å². The Morgan fingerprint density at radius 1 is 1.64 bits per heavy atom. The third kappa shape index (κ3) is 6.05. The van der Waals surface area contributed by atoms with Crippen molar-refractivity contribution in [2.24, 2.45) is 0 Å². The Morgan fingerprint density at radius 3 is 2.43 bits per heavy atom. The standard InChI is InChI=1S/C7H8BrFO.C3H6O/c1-10-7(8)4-2-6(9)3-5-7;1-3(2)4/h2-4H,5H2,1H3;1-2H3. The number of ether oxygens (including phenoxy) is 1. The zero-order valence-electron chi connectivity index (χ0n) is 8.51. The first kappa shape index (κ1) is 13.5. The van der Waals surface area contributed by atoms with Gasteiger partial charge < -0.3 is 9.53 Å². The summed E-state index contributed by atoms with van der Waals surface area (Å²) in [4.78, 5) is 9.44. The highest BCUT2D eigenvalue weighted by Crippen LogP contribution is 2.30. The second-order valence-corrected chi connectivity index (χ2v) is 4.37. The molecule has 0 N–H and O–H groups in total. The average molecular weight is 265 g/mol. The fourth-order valence-corrected chi connectivity index (χ4v) is 1.02. The SMILES string of the molecule is CC(C)=O.COC1(Br)C=CC(F)=CC1. The Bertz CT molecular complexity index is 257. The minimum Gasteiger partial charge on any atom is -0.363 e. The summed E-state index contributed by atoms with van der Waals surface area (Å²) in [5.41, 5.74) is 0. The average Bonchev–Trinajstić information content (AvgIpc) is 2.10. The number of Topliss-reactive ketones (excluding diaryl/α,β-unsaturated/α-hetero) is 1. The van der Waals surface area contributed by atoms with Crippen LogP contribution >= 0.6 is 15.9 Å². The summed E-state index contributed by atoms with van der Waals surface area (Å²) in [6, 6.07) is 0. The maximum atomic E-state index is 12.4. The molecule has 4 heteroatoms. The minimum absolute atomic E-state index is 0.167. The number of carbonyl (C=O) groups excluding carboxylic acids is 1. The van der Waals surface area contributed by atoms with E-state index in [0.717, 1.165) is 0 Å². The van der Waals surface area contributed by atoms with Gasteiger partial charge in [0.2, 0.25) is 0 Å². The van der Waals surface area contributed by atoms with Crippen molar-refractivity contribution in [1.29, 1.82) is 0 Å². The zero-order valence-corrected chi connectivity index (χ0v) is 10.1. The number of hydrogen-bond donors (Lipinski definition) is 0. The van der Waals surface area contributed by atoms with Gasteiger partial charge in [-0.2, -0.15) is 0 Å². The maximum absolute atomic E-state index is 12.4. The van der Waals surface area contributed by atoms with Gasteiger partial charge in [0.25, 0.3) is 0 Å². The molecule has 0 bridgehead atoms. The normalized spacial score (nSPS) is 24.8. The lowest BCUT2D eigenvalue weighted by atomic mass is 10.1. The van der Waals surface area contributed by atoms with Crippen LogP contribution in [0.4, 0.5) is 4.39 Å². The molecule has 0 aromatic rings. The number of carbonyl (C=O) groups is 1. The van der Waals surface area contributed by atoms with E-state index in [9.17, 15) is 9.18 Å². The number of hydrogen-bond acceptors (Lipinski definition) is 2. The van der Waals surface area contributed by atoms with Gasteiger partial charge in [-0.05, 0) is 48.0 Å². The number of ketones is 1. The van der Waals surface area contributed by atoms with Gasteiger partial charge in [0.15, 0.2) is 0 Å². The molecule has 0 aromatic carbocycles. The molecular weight excluding hydrogens is 251 g/mol. The van der Waals surface area contributed by atoms with Crippen molar-refractivity contribution in [3.8, 4) is 0 Å². The van der Waals surface area contributed by atoms with Crippen LogP contribution in [0.1, 0.15) is 20.3 Å². The van der Waals surface area contributed by atoms with E-state index in [4.69, 9.17) is 4.74 Å². The summed E-state index contributed by atoms with van der Waals surface area (Å²) < 4.78 is 16.9.